The van der Waals surface area contributed by atoms with Gasteiger partial charge in [-0.25, -0.2) is 0 Å². The van der Waals surface area contributed by atoms with Gasteiger partial charge in [0.25, 0.3) is 0 Å². The van der Waals surface area contributed by atoms with Crippen LogP contribution in [-0.2, 0) is 0 Å². The zero-order chi connectivity index (χ0) is 5.98. The largest absolute Gasteiger partial charge is 0.364 e. The van der Waals surface area contributed by atoms with Gasteiger partial charge in [-0.05, 0) is 18.7 Å². The molecule has 0 saturated heterocycles. The van der Waals surface area contributed by atoms with E-state index in [2.05, 4.69) is 10.6 Å². The zero-order valence-electron chi connectivity index (χ0n) is 4.94. The van der Waals surface area contributed by atoms with Crippen LogP contribution in [0.25, 0.3) is 0 Å². The number of nitrogens with one attached hydrogen (secondary N) is 2. The van der Waals surface area contributed by atoms with Crippen molar-refractivity contribution in [1.29, 1.82) is 0 Å². The summed E-state index contributed by atoms with van der Waals surface area (Å²) in [6.07, 6.45) is 1.87. The molecule has 0 amide bonds. The lowest BCUT2D eigenvalue weighted by Gasteiger charge is -2.19. The second-order valence-electron chi connectivity index (χ2n) is 2.02. The third-order valence-electron chi connectivity index (χ3n) is 1.11. The summed E-state index contributed by atoms with van der Waals surface area (Å²) in [6.45, 7) is 2.94. The van der Waals surface area contributed by atoms with Gasteiger partial charge < -0.3 is 5.32 Å². The molecule has 3 heteroatoms. The highest BCUT2D eigenvalue weighted by atomic mass is 15.2. The van der Waals surface area contributed by atoms with E-state index in [1.807, 2.05) is 13.1 Å². The van der Waals surface area contributed by atoms with Crippen LogP contribution in [0, 0.1) is 0 Å². The topological polar surface area (TPSA) is 50.1 Å². The molecule has 1 atom stereocenters. The highest BCUT2D eigenvalue weighted by Crippen LogP contribution is 1.90. The summed E-state index contributed by atoms with van der Waals surface area (Å²) in [5.74, 6) is 0. The van der Waals surface area contributed by atoms with Crippen molar-refractivity contribution in [3.8, 4) is 0 Å². The Morgan fingerprint density at radius 2 is 2.62 bits per heavy atom. The minimum absolute atomic E-state index is 0.0568. The van der Waals surface area contributed by atoms with E-state index in [1.165, 1.54) is 5.57 Å². The van der Waals surface area contributed by atoms with Crippen LogP contribution in [0.1, 0.15) is 6.92 Å². The maximum absolute atomic E-state index is 5.43. The van der Waals surface area contributed by atoms with Crippen molar-refractivity contribution in [3.63, 3.8) is 0 Å². The van der Waals surface area contributed by atoms with E-state index in [0.29, 0.717) is 0 Å². The van der Waals surface area contributed by atoms with Crippen LogP contribution in [0.2, 0.25) is 0 Å². The van der Waals surface area contributed by atoms with Crippen molar-refractivity contribution in [2.75, 3.05) is 6.54 Å². The standard InChI is InChI=1S/C5H11N3/c1-4-2-7-5(6)8-3-4/h2,5,7-8H,3,6H2,1H3. The Balaban J connectivity index is 2.42. The average Bonchev–Trinajstić information content (AvgIpc) is 1.77. The highest BCUT2D eigenvalue weighted by molar-refractivity contribution is 5.02. The molecule has 1 rings (SSSR count). The molecule has 1 heterocycles. The van der Waals surface area contributed by atoms with Crippen molar-refractivity contribution < 1.29 is 0 Å². The molecule has 0 aromatic heterocycles. The van der Waals surface area contributed by atoms with E-state index in [-0.39, 0.29) is 6.29 Å². The van der Waals surface area contributed by atoms with Crippen LogP contribution in [-0.4, -0.2) is 12.8 Å². The van der Waals surface area contributed by atoms with Gasteiger partial charge in [-0.1, -0.05) is 0 Å². The SMILES string of the molecule is CC1=CNC(N)NC1. The van der Waals surface area contributed by atoms with Gasteiger partial charge in [0, 0.05) is 6.54 Å². The zero-order valence-corrected chi connectivity index (χ0v) is 4.94. The Bertz CT molecular complexity index is 108. The Labute approximate surface area is 48.9 Å². The maximum Gasteiger partial charge on any atom is 0.129 e. The molecule has 0 bridgehead atoms. The molecule has 8 heavy (non-hydrogen) atoms. The average molecular weight is 113 g/mol. The first-order valence-electron chi connectivity index (χ1n) is 2.70. The summed E-state index contributed by atoms with van der Waals surface area (Å²) < 4.78 is 0. The first-order valence-corrected chi connectivity index (χ1v) is 2.70. The summed E-state index contributed by atoms with van der Waals surface area (Å²) in [5, 5.41) is 5.97. The monoisotopic (exact) mass is 113 g/mol. The Kier molecular flexibility index (Phi) is 1.50. The van der Waals surface area contributed by atoms with Gasteiger partial charge >= 0.3 is 0 Å². The minimum atomic E-state index is -0.0568. The molecule has 1 aliphatic heterocycles. The van der Waals surface area contributed by atoms with E-state index < -0.39 is 0 Å². The fourth-order valence-electron chi connectivity index (χ4n) is 0.613. The van der Waals surface area contributed by atoms with Crippen LogP contribution in [0.3, 0.4) is 0 Å². The third-order valence-corrected chi connectivity index (χ3v) is 1.11. The fraction of sp³-hybridized carbons (Fsp3) is 0.600. The van der Waals surface area contributed by atoms with Crippen LogP contribution < -0.4 is 16.4 Å². The second kappa shape index (κ2) is 2.15. The summed E-state index contributed by atoms with van der Waals surface area (Å²) >= 11 is 0. The third kappa shape index (κ3) is 1.21. The van der Waals surface area contributed by atoms with E-state index in [4.69, 9.17) is 5.73 Å². The molecule has 0 saturated carbocycles. The van der Waals surface area contributed by atoms with Crippen LogP contribution >= 0.6 is 0 Å². The van der Waals surface area contributed by atoms with Crippen LogP contribution in [0.5, 0.6) is 0 Å². The first-order chi connectivity index (χ1) is 3.79. The number of nitrogens with two attached hydrogens (primary N) is 1. The van der Waals surface area contributed by atoms with Gasteiger partial charge in [-0.2, -0.15) is 0 Å². The number of hydrogen-bond donors (Lipinski definition) is 3. The summed E-state index contributed by atoms with van der Waals surface area (Å²) in [5.41, 5.74) is 6.71. The van der Waals surface area contributed by atoms with Gasteiger partial charge in [0.2, 0.25) is 0 Å². The van der Waals surface area contributed by atoms with Gasteiger partial charge in [0.1, 0.15) is 6.29 Å². The molecule has 46 valence electrons. The predicted octanol–water partition coefficient (Wildman–Crippen LogP) is -0.675. The fourth-order valence-corrected chi connectivity index (χ4v) is 0.613. The molecule has 3 nitrogen and oxygen atoms in total. The minimum Gasteiger partial charge on any atom is -0.364 e. The normalized spacial score (nSPS) is 28.8. The van der Waals surface area contributed by atoms with E-state index in [1.54, 1.807) is 0 Å². The van der Waals surface area contributed by atoms with Crippen molar-refractivity contribution in [3.05, 3.63) is 11.8 Å². The molecular formula is C5H11N3. The Hall–Kier alpha value is -0.540. The molecule has 0 fully saturated rings. The number of rotatable bonds is 0. The molecule has 0 radical (unpaired) electrons. The Morgan fingerprint density at radius 3 is 3.00 bits per heavy atom. The molecule has 1 aliphatic rings. The van der Waals surface area contributed by atoms with Crippen LogP contribution in [0.15, 0.2) is 11.8 Å². The van der Waals surface area contributed by atoms with Gasteiger partial charge in [-0.15, -0.1) is 0 Å². The van der Waals surface area contributed by atoms with E-state index in [0.717, 1.165) is 6.54 Å². The predicted molar refractivity (Wildman–Crippen MR) is 32.9 cm³/mol. The quantitative estimate of drug-likeness (QED) is 0.390. The first kappa shape index (κ1) is 5.59. The summed E-state index contributed by atoms with van der Waals surface area (Å²) in [6, 6.07) is 0. The molecule has 1 unspecified atom stereocenters. The molecule has 0 spiro atoms. The molecule has 4 N–H and O–H groups in total. The lowest BCUT2D eigenvalue weighted by Crippen LogP contribution is -2.50. The number of hydrogen-bond acceptors (Lipinski definition) is 3. The van der Waals surface area contributed by atoms with Gasteiger partial charge in [0.15, 0.2) is 0 Å². The highest BCUT2D eigenvalue weighted by Gasteiger charge is 2.02. The van der Waals surface area contributed by atoms with Gasteiger partial charge in [-0.3, -0.25) is 11.1 Å². The lowest BCUT2D eigenvalue weighted by atomic mass is 10.3. The summed E-state index contributed by atoms with van der Waals surface area (Å²) in [7, 11) is 0. The maximum atomic E-state index is 5.43. The van der Waals surface area contributed by atoms with Crippen molar-refractivity contribution in [1.82, 2.24) is 10.6 Å². The van der Waals surface area contributed by atoms with Crippen molar-refractivity contribution >= 4 is 0 Å². The molecule has 0 aromatic rings. The smallest absolute Gasteiger partial charge is 0.129 e. The summed E-state index contributed by atoms with van der Waals surface area (Å²) in [4.78, 5) is 0. The molecule has 0 aliphatic carbocycles. The van der Waals surface area contributed by atoms with Crippen molar-refractivity contribution in [2.45, 2.75) is 13.2 Å². The molecule has 0 aromatic carbocycles. The van der Waals surface area contributed by atoms with E-state index >= 15 is 0 Å². The molecular weight excluding hydrogens is 102 g/mol. The second-order valence-corrected chi connectivity index (χ2v) is 2.02. The van der Waals surface area contributed by atoms with E-state index in [9.17, 15) is 0 Å². The van der Waals surface area contributed by atoms with Gasteiger partial charge in [0.05, 0.1) is 0 Å². The lowest BCUT2D eigenvalue weighted by molar-refractivity contribution is 0.482. The van der Waals surface area contributed by atoms with Crippen molar-refractivity contribution in [2.24, 2.45) is 5.73 Å². The van der Waals surface area contributed by atoms with Crippen LogP contribution in [0.4, 0.5) is 0 Å². The Morgan fingerprint density at radius 1 is 1.88 bits per heavy atom.